The van der Waals surface area contributed by atoms with Gasteiger partial charge in [0.05, 0.1) is 0 Å². The summed E-state index contributed by atoms with van der Waals surface area (Å²) in [4.78, 5) is 10.8. The Kier molecular flexibility index (Phi) is 4.84. The molecule has 1 amide bonds. The molecule has 0 heterocycles. The van der Waals surface area contributed by atoms with Crippen LogP contribution in [0.5, 0.6) is 0 Å². The van der Waals surface area contributed by atoms with E-state index in [2.05, 4.69) is 5.32 Å². The van der Waals surface area contributed by atoms with Crippen molar-refractivity contribution in [1.29, 1.82) is 0 Å². The Morgan fingerprint density at radius 2 is 1.93 bits per heavy atom. The Hall–Kier alpha value is -1.35. The molecular formula is C12H18N2O. The minimum absolute atomic E-state index is 0.0362. The smallest absolute Gasteiger partial charge is 0.221 e. The van der Waals surface area contributed by atoms with E-state index in [1.54, 1.807) is 0 Å². The Labute approximate surface area is 90.7 Å². The third-order valence-corrected chi connectivity index (χ3v) is 2.19. The molecule has 0 saturated heterocycles. The highest BCUT2D eigenvalue weighted by molar-refractivity contribution is 5.88. The van der Waals surface area contributed by atoms with E-state index in [0.717, 1.165) is 31.5 Å². The van der Waals surface area contributed by atoms with Gasteiger partial charge in [0.25, 0.3) is 0 Å². The number of aryl methyl sites for hydroxylation is 1. The molecule has 0 aliphatic carbocycles. The van der Waals surface area contributed by atoms with Crippen LogP contribution in [0.1, 0.15) is 25.3 Å². The fraction of sp³-hybridized carbons (Fsp3) is 0.417. The summed E-state index contributed by atoms with van der Waals surface area (Å²) in [5.74, 6) is -0.0362. The first-order chi connectivity index (χ1) is 7.22. The number of hydrogen-bond acceptors (Lipinski definition) is 2. The number of nitrogens with two attached hydrogens (primary N) is 1. The number of rotatable bonds is 5. The molecule has 0 spiro atoms. The average molecular weight is 206 g/mol. The number of nitrogens with one attached hydrogen (secondary N) is 1. The summed E-state index contributed by atoms with van der Waals surface area (Å²) < 4.78 is 0. The van der Waals surface area contributed by atoms with Crippen LogP contribution < -0.4 is 11.1 Å². The molecule has 0 bridgehead atoms. The zero-order valence-electron chi connectivity index (χ0n) is 9.12. The van der Waals surface area contributed by atoms with E-state index in [-0.39, 0.29) is 5.91 Å². The molecule has 15 heavy (non-hydrogen) atoms. The normalized spacial score (nSPS) is 10.0. The molecular weight excluding hydrogens is 188 g/mol. The van der Waals surface area contributed by atoms with Crippen LogP contribution in [-0.4, -0.2) is 12.5 Å². The van der Waals surface area contributed by atoms with Gasteiger partial charge in [0.1, 0.15) is 0 Å². The largest absolute Gasteiger partial charge is 0.330 e. The molecule has 1 rings (SSSR count). The number of carbonyl (C=O) groups excluding carboxylic acids is 1. The van der Waals surface area contributed by atoms with Crippen LogP contribution in [-0.2, 0) is 11.2 Å². The predicted octanol–water partition coefficient (Wildman–Crippen LogP) is 1.93. The lowest BCUT2D eigenvalue weighted by molar-refractivity contribution is -0.114. The van der Waals surface area contributed by atoms with Crippen molar-refractivity contribution in [3.63, 3.8) is 0 Å². The molecule has 0 saturated carbocycles. The molecule has 0 atom stereocenters. The van der Waals surface area contributed by atoms with E-state index < -0.39 is 0 Å². The second-order valence-electron chi connectivity index (χ2n) is 3.62. The summed E-state index contributed by atoms with van der Waals surface area (Å²) in [6.07, 6.45) is 3.24. The summed E-state index contributed by atoms with van der Waals surface area (Å²) in [6, 6.07) is 7.95. The number of hydrogen-bond donors (Lipinski definition) is 2. The first kappa shape index (κ1) is 11.7. The number of benzene rings is 1. The van der Waals surface area contributed by atoms with Crippen LogP contribution in [0.15, 0.2) is 24.3 Å². The summed E-state index contributed by atoms with van der Waals surface area (Å²) in [7, 11) is 0. The van der Waals surface area contributed by atoms with Gasteiger partial charge in [-0.25, -0.2) is 0 Å². The Morgan fingerprint density at radius 1 is 1.27 bits per heavy atom. The fourth-order valence-corrected chi connectivity index (χ4v) is 1.43. The molecule has 0 radical (unpaired) electrons. The minimum atomic E-state index is -0.0362. The van der Waals surface area contributed by atoms with Crippen molar-refractivity contribution in [2.75, 3.05) is 11.9 Å². The van der Waals surface area contributed by atoms with Gasteiger partial charge in [-0.1, -0.05) is 12.1 Å². The molecule has 0 fully saturated rings. The van der Waals surface area contributed by atoms with Crippen LogP contribution in [0, 0.1) is 0 Å². The van der Waals surface area contributed by atoms with Gasteiger partial charge in [0, 0.05) is 12.6 Å². The van der Waals surface area contributed by atoms with Crippen molar-refractivity contribution in [3.8, 4) is 0 Å². The predicted molar refractivity (Wildman–Crippen MR) is 62.7 cm³/mol. The maximum Gasteiger partial charge on any atom is 0.221 e. The maximum atomic E-state index is 10.8. The standard InChI is InChI=1S/C12H18N2O/c1-10(15)14-12-7-5-11(6-8-12)4-2-3-9-13/h5-8H,2-4,9,13H2,1H3,(H,14,15). The van der Waals surface area contributed by atoms with Gasteiger partial charge < -0.3 is 11.1 Å². The van der Waals surface area contributed by atoms with E-state index in [9.17, 15) is 4.79 Å². The molecule has 82 valence electrons. The molecule has 0 unspecified atom stereocenters. The SMILES string of the molecule is CC(=O)Nc1ccc(CCCCN)cc1. The van der Waals surface area contributed by atoms with Gasteiger partial charge >= 0.3 is 0 Å². The average Bonchev–Trinajstić information content (AvgIpc) is 2.20. The zero-order valence-corrected chi connectivity index (χ0v) is 9.12. The zero-order chi connectivity index (χ0) is 11.1. The molecule has 3 heteroatoms. The highest BCUT2D eigenvalue weighted by Gasteiger charge is 1.96. The minimum Gasteiger partial charge on any atom is -0.330 e. The quantitative estimate of drug-likeness (QED) is 0.723. The van der Waals surface area contributed by atoms with Crippen molar-refractivity contribution in [3.05, 3.63) is 29.8 Å². The first-order valence-corrected chi connectivity index (χ1v) is 5.29. The van der Waals surface area contributed by atoms with Crippen molar-refractivity contribution >= 4 is 11.6 Å². The summed E-state index contributed by atoms with van der Waals surface area (Å²) in [6.45, 7) is 2.26. The second kappa shape index (κ2) is 6.19. The molecule has 1 aromatic rings. The fourth-order valence-electron chi connectivity index (χ4n) is 1.43. The second-order valence-corrected chi connectivity index (χ2v) is 3.62. The number of unbranched alkanes of at least 4 members (excludes halogenated alkanes) is 1. The van der Waals surface area contributed by atoms with Crippen molar-refractivity contribution in [2.45, 2.75) is 26.2 Å². The summed E-state index contributed by atoms with van der Waals surface area (Å²) in [5, 5.41) is 2.74. The van der Waals surface area contributed by atoms with E-state index in [4.69, 9.17) is 5.73 Å². The van der Waals surface area contributed by atoms with Gasteiger partial charge in [-0.3, -0.25) is 4.79 Å². The lowest BCUT2D eigenvalue weighted by Crippen LogP contribution is -2.05. The van der Waals surface area contributed by atoms with Gasteiger partial charge in [0.15, 0.2) is 0 Å². The molecule has 0 aliphatic rings. The van der Waals surface area contributed by atoms with Crippen LogP contribution in [0.4, 0.5) is 5.69 Å². The van der Waals surface area contributed by atoms with E-state index >= 15 is 0 Å². The van der Waals surface area contributed by atoms with Crippen molar-refractivity contribution in [2.24, 2.45) is 5.73 Å². The molecule has 3 N–H and O–H groups in total. The first-order valence-electron chi connectivity index (χ1n) is 5.29. The number of carbonyl (C=O) groups is 1. The summed E-state index contributed by atoms with van der Waals surface area (Å²) >= 11 is 0. The van der Waals surface area contributed by atoms with Gasteiger partial charge in [-0.2, -0.15) is 0 Å². The van der Waals surface area contributed by atoms with Crippen LogP contribution in [0.2, 0.25) is 0 Å². The number of anilines is 1. The Morgan fingerprint density at radius 3 is 2.47 bits per heavy atom. The Bertz CT molecular complexity index is 306. The molecule has 1 aromatic carbocycles. The topological polar surface area (TPSA) is 55.1 Å². The molecule has 3 nitrogen and oxygen atoms in total. The van der Waals surface area contributed by atoms with Crippen LogP contribution in [0.3, 0.4) is 0 Å². The monoisotopic (exact) mass is 206 g/mol. The van der Waals surface area contributed by atoms with Gasteiger partial charge in [-0.15, -0.1) is 0 Å². The Balaban J connectivity index is 2.45. The summed E-state index contributed by atoms with van der Waals surface area (Å²) in [5.41, 5.74) is 7.57. The highest BCUT2D eigenvalue weighted by atomic mass is 16.1. The van der Waals surface area contributed by atoms with E-state index in [1.807, 2.05) is 24.3 Å². The third kappa shape index (κ3) is 4.61. The van der Waals surface area contributed by atoms with E-state index in [0.29, 0.717) is 0 Å². The van der Waals surface area contributed by atoms with Crippen LogP contribution in [0.25, 0.3) is 0 Å². The van der Waals surface area contributed by atoms with Crippen molar-refractivity contribution in [1.82, 2.24) is 0 Å². The van der Waals surface area contributed by atoms with Crippen molar-refractivity contribution < 1.29 is 4.79 Å². The third-order valence-electron chi connectivity index (χ3n) is 2.19. The molecule has 0 aromatic heterocycles. The molecule has 0 aliphatic heterocycles. The van der Waals surface area contributed by atoms with Crippen LogP contribution >= 0.6 is 0 Å². The maximum absolute atomic E-state index is 10.8. The lowest BCUT2D eigenvalue weighted by Gasteiger charge is -2.04. The number of amides is 1. The van der Waals surface area contributed by atoms with E-state index in [1.165, 1.54) is 12.5 Å². The highest BCUT2D eigenvalue weighted by Crippen LogP contribution is 2.11. The lowest BCUT2D eigenvalue weighted by atomic mass is 10.1. The van der Waals surface area contributed by atoms with Gasteiger partial charge in [-0.05, 0) is 43.5 Å². The van der Waals surface area contributed by atoms with Gasteiger partial charge in [0.2, 0.25) is 5.91 Å².